The lowest BCUT2D eigenvalue weighted by Crippen LogP contribution is -2.23. The highest BCUT2D eigenvalue weighted by atomic mass is 35.5. The van der Waals surface area contributed by atoms with Crippen LogP contribution in [-0.4, -0.2) is 29.8 Å². The van der Waals surface area contributed by atoms with Gasteiger partial charge in [-0.25, -0.2) is 0 Å². The van der Waals surface area contributed by atoms with Gasteiger partial charge in [-0.2, -0.15) is 0 Å². The predicted octanol–water partition coefficient (Wildman–Crippen LogP) is 9.65. The number of aryl methyl sites for hydroxylation is 2. The lowest BCUT2D eigenvalue weighted by atomic mass is 9.87. The largest absolute Gasteiger partial charge is 0.496 e. The molecule has 3 rings (SSSR count). The van der Waals surface area contributed by atoms with Crippen LogP contribution in [0.5, 0.6) is 17.2 Å². The summed E-state index contributed by atoms with van der Waals surface area (Å²) in [6, 6.07) is 6.10. The second-order valence-corrected chi connectivity index (χ2v) is 14.4. The molecular formula is C34H46Cl2O4. The number of fused-ring (bicyclic) bond motifs is 1. The zero-order valence-electron chi connectivity index (χ0n) is 25.7. The quantitative estimate of drug-likeness (QED) is 0.183. The molecule has 40 heavy (non-hydrogen) atoms. The van der Waals surface area contributed by atoms with Crippen molar-refractivity contribution >= 4 is 29.0 Å². The molecule has 0 amide bonds. The fourth-order valence-electron chi connectivity index (χ4n) is 5.47. The topological polar surface area (TPSA) is 44.8 Å². The average molecular weight is 590 g/mol. The summed E-state index contributed by atoms with van der Waals surface area (Å²) in [6.07, 6.45) is 7.28. The second-order valence-electron chi connectivity index (χ2n) is 12.3. The number of carbonyl (C=O) groups excluding carboxylic acids is 1. The molecule has 1 heterocycles. The number of alkyl halides is 2. The molecule has 220 valence electrons. The Morgan fingerprint density at radius 2 is 1.65 bits per heavy atom. The van der Waals surface area contributed by atoms with Gasteiger partial charge in [0.05, 0.1) is 20.6 Å². The molecule has 4 nitrogen and oxygen atoms in total. The highest BCUT2D eigenvalue weighted by Gasteiger charge is 2.34. The molecule has 0 bridgehead atoms. The summed E-state index contributed by atoms with van der Waals surface area (Å²) in [7, 11) is 3.32. The first-order chi connectivity index (χ1) is 18.6. The summed E-state index contributed by atoms with van der Waals surface area (Å²) in [5, 5.41) is 0. The molecule has 0 spiro atoms. The molecule has 1 aliphatic heterocycles. The molecule has 1 aliphatic rings. The third kappa shape index (κ3) is 8.19. The van der Waals surface area contributed by atoms with Crippen molar-refractivity contribution in [3.05, 3.63) is 63.2 Å². The number of halogens is 2. The van der Waals surface area contributed by atoms with Crippen LogP contribution >= 0.6 is 23.2 Å². The van der Waals surface area contributed by atoms with E-state index in [-0.39, 0.29) is 22.0 Å². The molecule has 0 saturated carbocycles. The number of methoxy groups -OCH3 is 2. The Morgan fingerprint density at radius 1 is 1.00 bits per heavy atom. The molecule has 6 heteroatoms. The van der Waals surface area contributed by atoms with Crippen LogP contribution in [0.4, 0.5) is 0 Å². The number of hydrogen-bond donors (Lipinski definition) is 0. The second kappa shape index (κ2) is 13.2. The van der Waals surface area contributed by atoms with E-state index >= 15 is 0 Å². The van der Waals surface area contributed by atoms with Crippen LogP contribution in [0.2, 0.25) is 0 Å². The van der Waals surface area contributed by atoms with Gasteiger partial charge in [0, 0.05) is 15.3 Å². The van der Waals surface area contributed by atoms with E-state index in [9.17, 15) is 4.79 Å². The van der Waals surface area contributed by atoms with Crippen molar-refractivity contribution in [1.82, 2.24) is 0 Å². The molecule has 0 aromatic heterocycles. The van der Waals surface area contributed by atoms with Gasteiger partial charge in [-0.15, -0.1) is 23.2 Å². The van der Waals surface area contributed by atoms with Gasteiger partial charge in [0.1, 0.15) is 28.9 Å². The van der Waals surface area contributed by atoms with Crippen molar-refractivity contribution in [2.75, 3.05) is 14.2 Å². The van der Waals surface area contributed by atoms with E-state index in [4.69, 9.17) is 37.4 Å². The van der Waals surface area contributed by atoms with Crippen molar-refractivity contribution in [1.29, 1.82) is 0 Å². The molecule has 0 aliphatic carbocycles. The number of allylic oxidation sites excluding steroid dienone is 2. The van der Waals surface area contributed by atoms with Gasteiger partial charge in [0.2, 0.25) is 0 Å². The van der Waals surface area contributed by atoms with E-state index in [0.717, 1.165) is 65.7 Å². The number of rotatable bonds is 12. The number of benzene rings is 2. The van der Waals surface area contributed by atoms with Gasteiger partial charge in [0.25, 0.3) is 0 Å². The lowest BCUT2D eigenvalue weighted by molar-refractivity contribution is 0.0843. The fourth-order valence-corrected chi connectivity index (χ4v) is 5.70. The van der Waals surface area contributed by atoms with Gasteiger partial charge in [-0.1, -0.05) is 23.8 Å². The predicted molar refractivity (Wildman–Crippen MR) is 167 cm³/mol. The maximum atomic E-state index is 13.7. The number of hydrogen-bond acceptors (Lipinski definition) is 4. The van der Waals surface area contributed by atoms with Crippen LogP contribution in [0, 0.1) is 13.8 Å². The van der Waals surface area contributed by atoms with Crippen LogP contribution in [0.15, 0.2) is 29.8 Å². The fraction of sp³-hybridized carbons (Fsp3) is 0.559. The van der Waals surface area contributed by atoms with Crippen LogP contribution in [0.1, 0.15) is 111 Å². The SMILES string of the molecule is COc1c(C)ccc([C@@H]2CC(=O)c3c(cc(C)c(CCC(C)(C)Cl)c3OC)O2)c1C/C=C(\C)CCCC(C)(C)Cl. The molecular weight excluding hydrogens is 543 g/mol. The Labute approximate surface area is 251 Å². The highest BCUT2D eigenvalue weighted by molar-refractivity contribution is 6.23. The molecule has 2 aromatic carbocycles. The van der Waals surface area contributed by atoms with Crippen molar-refractivity contribution in [3.8, 4) is 17.2 Å². The summed E-state index contributed by atoms with van der Waals surface area (Å²) in [6.45, 7) is 14.4. The third-order valence-corrected chi connectivity index (χ3v) is 8.08. The normalized spacial score (nSPS) is 16.0. The van der Waals surface area contributed by atoms with Crippen molar-refractivity contribution < 1.29 is 19.0 Å². The van der Waals surface area contributed by atoms with Crippen LogP contribution in [-0.2, 0) is 12.8 Å². The highest BCUT2D eigenvalue weighted by Crippen LogP contribution is 2.45. The minimum Gasteiger partial charge on any atom is -0.496 e. The first-order valence-electron chi connectivity index (χ1n) is 14.2. The summed E-state index contributed by atoms with van der Waals surface area (Å²) in [5.74, 6) is 2.05. The Hall–Kier alpha value is -2.17. The van der Waals surface area contributed by atoms with E-state index in [2.05, 4.69) is 32.9 Å². The van der Waals surface area contributed by atoms with Gasteiger partial charge in [-0.05, 0) is 115 Å². The number of Topliss-reactive ketones (excluding diaryl/α,β-unsaturated/α-hetero) is 1. The van der Waals surface area contributed by atoms with Crippen LogP contribution in [0.3, 0.4) is 0 Å². The lowest BCUT2D eigenvalue weighted by Gasteiger charge is -2.30. The zero-order chi connectivity index (χ0) is 29.8. The van der Waals surface area contributed by atoms with E-state index in [1.54, 1.807) is 14.2 Å². The van der Waals surface area contributed by atoms with Crippen molar-refractivity contribution in [2.24, 2.45) is 0 Å². The average Bonchev–Trinajstić information content (AvgIpc) is 2.84. The van der Waals surface area contributed by atoms with Gasteiger partial charge < -0.3 is 14.2 Å². The standard InChI is InChI=1S/C34H46Cl2O4/c1-21(11-10-17-33(4,5)35)12-14-26-25(15-13-22(2)31(26)38-8)28-20-27(37)30-29(40-28)19-23(3)24(32(30)39-9)16-18-34(6,7)36/h12-13,15,19,28H,10-11,14,16-18,20H2,1-9H3/b21-12+/t28-/m0/s1. The molecule has 0 unspecified atom stereocenters. The van der Waals surface area contributed by atoms with E-state index in [1.807, 2.05) is 39.8 Å². The van der Waals surface area contributed by atoms with E-state index < -0.39 is 6.10 Å². The first kappa shape index (κ1) is 32.3. The van der Waals surface area contributed by atoms with Crippen molar-refractivity contribution in [3.63, 3.8) is 0 Å². The Bertz CT molecular complexity index is 1250. The molecule has 2 aromatic rings. The minimum absolute atomic E-state index is 0.0235. The van der Waals surface area contributed by atoms with E-state index in [0.29, 0.717) is 23.5 Å². The molecule has 0 N–H and O–H groups in total. The smallest absolute Gasteiger partial charge is 0.174 e. The van der Waals surface area contributed by atoms with Crippen molar-refractivity contribution in [2.45, 2.75) is 109 Å². The van der Waals surface area contributed by atoms with Gasteiger partial charge in [-0.3, -0.25) is 4.79 Å². The maximum Gasteiger partial charge on any atom is 0.174 e. The van der Waals surface area contributed by atoms with Gasteiger partial charge in [0.15, 0.2) is 5.78 Å². The van der Waals surface area contributed by atoms with Gasteiger partial charge >= 0.3 is 0 Å². The molecule has 0 fully saturated rings. The minimum atomic E-state index is -0.410. The molecule has 0 saturated heterocycles. The third-order valence-electron chi connectivity index (χ3n) is 7.71. The Kier molecular flexibility index (Phi) is 10.7. The summed E-state index contributed by atoms with van der Waals surface area (Å²) >= 11 is 12.9. The number of ketones is 1. The first-order valence-corrected chi connectivity index (χ1v) is 15.0. The maximum absolute atomic E-state index is 13.7. The zero-order valence-corrected chi connectivity index (χ0v) is 27.2. The Balaban J connectivity index is 1.95. The molecule has 1 atom stereocenters. The van der Waals surface area contributed by atoms with Crippen LogP contribution < -0.4 is 14.2 Å². The van der Waals surface area contributed by atoms with Crippen LogP contribution in [0.25, 0.3) is 0 Å². The monoisotopic (exact) mass is 588 g/mol. The summed E-state index contributed by atoms with van der Waals surface area (Å²) in [5.41, 5.74) is 7.00. The number of carbonyl (C=O) groups is 1. The molecule has 0 radical (unpaired) electrons. The Morgan fingerprint density at radius 3 is 2.25 bits per heavy atom. The summed E-state index contributed by atoms with van der Waals surface area (Å²) in [4.78, 5) is 13.1. The number of ether oxygens (including phenoxy) is 3. The van der Waals surface area contributed by atoms with E-state index in [1.165, 1.54) is 5.57 Å². The summed E-state index contributed by atoms with van der Waals surface area (Å²) < 4.78 is 18.3.